The largest absolute Gasteiger partial charge is 0.493 e. The average molecular weight is 311 g/mol. The van der Waals surface area contributed by atoms with Crippen molar-refractivity contribution < 1.29 is 23.1 Å². The molecule has 21 heavy (non-hydrogen) atoms. The lowest BCUT2D eigenvalue weighted by Gasteiger charge is -2.41. The van der Waals surface area contributed by atoms with Crippen LogP contribution in [0.15, 0.2) is 23.1 Å². The summed E-state index contributed by atoms with van der Waals surface area (Å²) < 4.78 is 32.5. The predicted molar refractivity (Wildman–Crippen MR) is 74.7 cm³/mol. The van der Waals surface area contributed by atoms with Crippen LogP contribution in [0.25, 0.3) is 0 Å². The molecule has 0 amide bonds. The zero-order valence-corrected chi connectivity index (χ0v) is 12.4. The highest BCUT2D eigenvalue weighted by Gasteiger charge is 2.47. The second kappa shape index (κ2) is 4.71. The fourth-order valence-electron chi connectivity index (χ4n) is 2.89. The van der Waals surface area contributed by atoms with E-state index >= 15 is 0 Å². The normalized spacial score (nSPS) is 27.6. The van der Waals surface area contributed by atoms with Crippen LogP contribution in [0.2, 0.25) is 0 Å². The number of sulfonamides is 1. The van der Waals surface area contributed by atoms with Crippen LogP contribution in [0.4, 0.5) is 0 Å². The van der Waals surface area contributed by atoms with Gasteiger partial charge in [0.25, 0.3) is 0 Å². The second-order valence-electron chi connectivity index (χ2n) is 5.96. The third-order valence-electron chi connectivity index (χ3n) is 4.21. The van der Waals surface area contributed by atoms with E-state index in [1.165, 1.54) is 6.07 Å². The standard InChI is InChI=1S/C14H17NO5S/c1-14(13(16)17)7-10(8-14)15-21(18,19)11-3-2-9-4-5-20-12(9)6-11/h2-3,6,10,15H,4-5,7-8H2,1H3,(H,16,17). The van der Waals surface area contributed by atoms with Crippen LogP contribution < -0.4 is 9.46 Å². The fourth-order valence-corrected chi connectivity index (χ4v) is 4.14. The third kappa shape index (κ3) is 2.51. The highest BCUT2D eigenvalue weighted by Crippen LogP contribution is 2.41. The molecule has 2 aliphatic rings. The van der Waals surface area contributed by atoms with E-state index in [0.717, 1.165) is 12.0 Å². The molecule has 0 bridgehead atoms. The van der Waals surface area contributed by atoms with Gasteiger partial charge in [0, 0.05) is 18.5 Å². The molecule has 2 N–H and O–H groups in total. The Bertz CT molecular complexity index is 691. The summed E-state index contributed by atoms with van der Waals surface area (Å²) in [5.41, 5.74) is 0.185. The molecule has 0 radical (unpaired) electrons. The first-order chi connectivity index (χ1) is 9.80. The summed E-state index contributed by atoms with van der Waals surface area (Å²) in [5.74, 6) is -0.272. The van der Waals surface area contributed by atoms with Crippen molar-refractivity contribution in [1.82, 2.24) is 4.72 Å². The average Bonchev–Trinajstić information content (AvgIpc) is 2.83. The summed E-state index contributed by atoms with van der Waals surface area (Å²) >= 11 is 0. The molecule has 0 saturated heterocycles. The van der Waals surface area contributed by atoms with Gasteiger partial charge in [-0.3, -0.25) is 4.79 Å². The number of ether oxygens (including phenoxy) is 1. The van der Waals surface area contributed by atoms with E-state index in [9.17, 15) is 13.2 Å². The van der Waals surface area contributed by atoms with Crippen LogP contribution in [-0.2, 0) is 21.2 Å². The van der Waals surface area contributed by atoms with Gasteiger partial charge in [-0.25, -0.2) is 13.1 Å². The Morgan fingerprint density at radius 3 is 2.81 bits per heavy atom. The maximum atomic E-state index is 12.3. The minimum atomic E-state index is -3.64. The zero-order chi connectivity index (χ0) is 15.3. The Balaban J connectivity index is 1.72. The number of aliphatic carboxylic acids is 1. The molecule has 1 fully saturated rings. The van der Waals surface area contributed by atoms with E-state index in [-0.39, 0.29) is 10.9 Å². The molecule has 0 aromatic heterocycles. The molecular weight excluding hydrogens is 294 g/mol. The molecule has 0 unspecified atom stereocenters. The number of hydrogen-bond acceptors (Lipinski definition) is 4. The maximum Gasteiger partial charge on any atom is 0.309 e. The van der Waals surface area contributed by atoms with E-state index in [1.807, 2.05) is 0 Å². The molecule has 6 nitrogen and oxygen atoms in total. The number of carboxylic acid groups (broad SMARTS) is 1. The molecule has 1 saturated carbocycles. The van der Waals surface area contributed by atoms with E-state index in [0.29, 0.717) is 25.2 Å². The lowest BCUT2D eigenvalue weighted by atomic mass is 9.67. The number of nitrogens with one attached hydrogen (secondary N) is 1. The van der Waals surface area contributed by atoms with Gasteiger partial charge in [-0.15, -0.1) is 0 Å². The summed E-state index contributed by atoms with van der Waals surface area (Å²) in [6.07, 6.45) is 1.41. The van der Waals surface area contributed by atoms with E-state index < -0.39 is 21.4 Å². The van der Waals surface area contributed by atoms with Crippen molar-refractivity contribution in [2.75, 3.05) is 6.61 Å². The monoisotopic (exact) mass is 311 g/mol. The number of benzene rings is 1. The van der Waals surface area contributed by atoms with Gasteiger partial charge in [-0.1, -0.05) is 6.07 Å². The number of fused-ring (bicyclic) bond motifs is 1. The van der Waals surface area contributed by atoms with Crippen LogP contribution in [0.1, 0.15) is 25.3 Å². The van der Waals surface area contributed by atoms with Crippen molar-refractivity contribution in [1.29, 1.82) is 0 Å². The lowest BCUT2D eigenvalue weighted by molar-refractivity contribution is -0.154. The molecule has 1 aromatic rings. The van der Waals surface area contributed by atoms with Crippen LogP contribution >= 0.6 is 0 Å². The second-order valence-corrected chi connectivity index (χ2v) is 7.67. The molecule has 1 aliphatic carbocycles. The Morgan fingerprint density at radius 1 is 1.43 bits per heavy atom. The summed E-state index contributed by atoms with van der Waals surface area (Å²) in [6.45, 7) is 2.20. The molecular formula is C14H17NO5S. The van der Waals surface area contributed by atoms with Crippen LogP contribution in [0, 0.1) is 5.41 Å². The zero-order valence-electron chi connectivity index (χ0n) is 11.6. The molecule has 3 rings (SSSR count). The lowest BCUT2D eigenvalue weighted by Crippen LogP contribution is -2.52. The van der Waals surface area contributed by atoms with Crippen molar-refractivity contribution in [2.24, 2.45) is 5.41 Å². The number of hydrogen-bond donors (Lipinski definition) is 2. The first-order valence-electron chi connectivity index (χ1n) is 6.82. The van der Waals surface area contributed by atoms with Crippen molar-refractivity contribution in [3.8, 4) is 5.75 Å². The van der Waals surface area contributed by atoms with Crippen LogP contribution in [0.5, 0.6) is 5.75 Å². The molecule has 1 aromatic carbocycles. The van der Waals surface area contributed by atoms with E-state index in [1.54, 1.807) is 19.1 Å². The summed E-state index contributed by atoms with van der Waals surface area (Å²) in [5, 5.41) is 9.04. The quantitative estimate of drug-likeness (QED) is 0.870. The van der Waals surface area contributed by atoms with Crippen molar-refractivity contribution in [3.63, 3.8) is 0 Å². The number of carbonyl (C=O) groups is 1. The molecule has 1 heterocycles. The fraction of sp³-hybridized carbons (Fsp3) is 0.500. The maximum absolute atomic E-state index is 12.3. The Hall–Kier alpha value is -1.60. The van der Waals surface area contributed by atoms with Crippen molar-refractivity contribution in [3.05, 3.63) is 23.8 Å². The number of rotatable bonds is 4. The molecule has 0 spiro atoms. The number of carboxylic acids is 1. The Kier molecular flexibility index (Phi) is 3.22. The van der Waals surface area contributed by atoms with Crippen LogP contribution in [-0.4, -0.2) is 32.1 Å². The highest BCUT2D eigenvalue weighted by molar-refractivity contribution is 7.89. The predicted octanol–water partition coefficient (Wildman–Crippen LogP) is 1.15. The van der Waals surface area contributed by atoms with Gasteiger partial charge in [0.05, 0.1) is 16.9 Å². The van der Waals surface area contributed by atoms with E-state index in [4.69, 9.17) is 9.84 Å². The van der Waals surface area contributed by atoms with Gasteiger partial charge >= 0.3 is 5.97 Å². The van der Waals surface area contributed by atoms with Gasteiger partial charge in [-0.05, 0) is 31.4 Å². The van der Waals surface area contributed by atoms with Gasteiger partial charge in [0.2, 0.25) is 10.0 Å². The van der Waals surface area contributed by atoms with Crippen LogP contribution in [0.3, 0.4) is 0 Å². The first kappa shape index (κ1) is 14.3. The Labute approximate surface area is 123 Å². The molecule has 7 heteroatoms. The van der Waals surface area contributed by atoms with Gasteiger partial charge in [0.15, 0.2) is 0 Å². The molecule has 0 atom stereocenters. The minimum absolute atomic E-state index is 0.159. The summed E-state index contributed by atoms with van der Waals surface area (Å²) in [4.78, 5) is 11.2. The summed E-state index contributed by atoms with van der Waals surface area (Å²) in [6, 6.07) is 4.52. The van der Waals surface area contributed by atoms with E-state index in [2.05, 4.69) is 4.72 Å². The van der Waals surface area contributed by atoms with Crippen molar-refractivity contribution >= 4 is 16.0 Å². The minimum Gasteiger partial charge on any atom is -0.493 e. The first-order valence-corrected chi connectivity index (χ1v) is 8.30. The van der Waals surface area contributed by atoms with Gasteiger partial charge in [0.1, 0.15) is 5.75 Å². The highest BCUT2D eigenvalue weighted by atomic mass is 32.2. The smallest absolute Gasteiger partial charge is 0.309 e. The summed E-state index contributed by atoms with van der Waals surface area (Å²) in [7, 11) is -3.64. The third-order valence-corrected chi connectivity index (χ3v) is 5.73. The van der Waals surface area contributed by atoms with Gasteiger partial charge < -0.3 is 9.84 Å². The van der Waals surface area contributed by atoms with Gasteiger partial charge in [-0.2, -0.15) is 0 Å². The molecule has 114 valence electrons. The SMILES string of the molecule is CC1(C(=O)O)CC(NS(=O)(=O)c2ccc3c(c2)OCC3)C1. The molecule has 1 aliphatic heterocycles. The Morgan fingerprint density at radius 2 is 2.14 bits per heavy atom. The van der Waals surface area contributed by atoms with Crippen molar-refractivity contribution in [2.45, 2.75) is 37.1 Å². The topological polar surface area (TPSA) is 92.7 Å².